The monoisotopic (exact) mass is 425 g/mol. The van der Waals surface area contributed by atoms with Gasteiger partial charge in [0.25, 0.3) is 0 Å². The molecule has 2 heterocycles. The summed E-state index contributed by atoms with van der Waals surface area (Å²) in [6.07, 6.45) is 7.41. The Labute approximate surface area is 182 Å². The van der Waals surface area contributed by atoms with Crippen LogP contribution in [0.5, 0.6) is 0 Å². The zero-order valence-corrected chi connectivity index (χ0v) is 18.4. The van der Waals surface area contributed by atoms with Gasteiger partial charge in [-0.05, 0) is 68.4 Å². The van der Waals surface area contributed by atoms with E-state index in [4.69, 9.17) is 9.72 Å². The SMILES string of the molecule is O=C(N(CCN1CCOCC1)c1nc2ccccc2s1)C12CC3CC(CC(C3)C1)C2. The molecule has 5 aliphatic rings. The normalized spacial score (nSPS) is 33.3. The molecule has 0 atom stereocenters. The van der Waals surface area contributed by atoms with E-state index in [1.54, 1.807) is 11.3 Å². The highest BCUT2D eigenvalue weighted by Crippen LogP contribution is 2.60. The van der Waals surface area contributed by atoms with Crippen molar-refractivity contribution in [1.29, 1.82) is 0 Å². The maximum absolute atomic E-state index is 14.2. The van der Waals surface area contributed by atoms with Crippen molar-refractivity contribution >= 4 is 32.6 Å². The standard InChI is InChI=1S/C24H31N3O2S/c28-22(24-14-17-11-18(15-24)13-19(12-17)16-24)27(6-5-26-7-9-29-10-8-26)23-25-20-3-1-2-4-21(20)30-23/h1-4,17-19H,5-16H2. The van der Waals surface area contributed by atoms with Crippen LogP contribution < -0.4 is 4.90 Å². The Balaban J connectivity index is 1.30. The number of rotatable bonds is 5. The highest BCUT2D eigenvalue weighted by Gasteiger charge is 2.56. The number of amides is 1. The van der Waals surface area contributed by atoms with Crippen LogP contribution in [0.4, 0.5) is 5.13 Å². The summed E-state index contributed by atoms with van der Waals surface area (Å²) in [6.45, 7) is 5.14. The average Bonchev–Trinajstić information content (AvgIpc) is 3.17. The second kappa shape index (κ2) is 7.57. The van der Waals surface area contributed by atoms with Gasteiger partial charge in [0, 0.05) is 26.2 Å². The van der Waals surface area contributed by atoms with Crippen molar-refractivity contribution in [2.24, 2.45) is 23.2 Å². The number of ether oxygens (including phenoxy) is 1. The van der Waals surface area contributed by atoms with Gasteiger partial charge in [0.05, 0.1) is 28.8 Å². The molecule has 4 aliphatic carbocycles. The summed E-state index contributed by atoms with van der Waals surface area (Å²) in [5, 5.41) is 0.894. The summed E-state index contributed by atoms with van der Waals surface area (Å²) >= 11 is 1.68. The van der Waals surface area contributed by atoms with Gasteiger partial charge in [0.15, 0.2) is 5.13 Å². The summed E-state index contributed by atoms with van der Waals surface area (Å²) in [5.41, 5.74) is 0.879. The Bertz CT molecular complexity index is 867. The summed E-state index contributed by atoms with van der Waals surface area (Å²) in [5.74, 6) is 2.69. The van der Waals surface area contributed by atoms with Crippen molar-refractivity contribution in [1.82, 2.24) is 9.88 Å². The number of benzene rings is 1. The molecule has 2 aromatic rings. The molecular weight excluding hydrogens is 394 g/mol. The Hall–Kier alpha value is -1.50. The van der Waals surface area contributed by atoms with Gasteiger partial charge in [0.2, 0.25) is 5.91 Å². The Kier molecular flexibility index (Phi) is 4.85. The lowest BCUT2D eigenvalue weighted by Crippen LogP contribution is -2.56. The van der Waals surface area contributed by atoms with Crippen molar-refractivity contribution < 1.29 is 9.53 Å². The first-order valence-corrected chi connectivity index (χ1v) is 12.5. The zero-order chi connectivity index (χ0) is 20.1. The lowest BCUT2D eigenvalue weighted by Gasteiger charge is -2.56. The Morgan fingerprint density at radius 1 is 1.10 bits per heavy atom. The fourth-order valence-electron chi connectivity index (χ4n) is 6.98. The highest BCUT2D eigenvalue weighted by atomic mass is 32.1. The fraction of sp³-hybridized carbons (Fsp3) is 0.667. The summed E-state index contributed by atoms with van der Waals surface area (Å²) in [6, 6.07) is 8.27. The first-order valence-electron chi connectivity index (χ1n) is 11.7. The predicted molar refractivity (Wildman–Crippen MR) is 120 cm³/mol. The molecule has 1 aromatic carbocycles. The summed E-state index contributed by atoms with van der Waals surface area (Å²) in [4.78, 5) is 23.6. The van der Waals surface area contributed by atoms with Crippen LogP contribution in [0.3, 0.4) is 0 Å². The van der Waals surface area contributed by atoms with Crippen LogP contribution in [-0.4, -0.2) is 55.2 Å². The third kappa shape index (κ3) is 3.37. The van der Waals surface area contributed by atoms with Gasteiger partial charge >= 0.3 is 0 Å². The van der Waals surface area contributed by atoms with Crippen LogP contribution in [0, 0.1) is 23.2 Å². The predicted octanol–water partition coefficient (Wildman–Crippen LogP) is 4.18. The number of morpholine rings is 1. The molecule has 0 spiro atoms. The van der Waals surface area contributed by atoms with Crippen molar-refractivity contribution in [3.05, 3.63) is 24.3 Å². The Morgan fingerprint density at radius 2 is 1.77 bits per heavy atom. The molecule has 5 nitrogen and oxygen atoms in total. The van der Waals surface area contributed by atoms with Crippen molar-refractivity contribution in [2.45, 2.75) is 38.5 Å². The fourth-order valence-corrected chi connectivity index (χ4v) is 7.97. The van der Waals surface area contributed by atoms with Gasteiger partial charge in [-0.2, -0.15) is 0 Å². The van der Waals surface area contributed by atoms with Crippen LogP contribution in [0.25, 0.3) is 10.2 Å². The van der Waals surface area contributed by atoms with E-state index in [1.807, 2.05) is 6.07 Å². The minimum atomic E-state index is -0.127. The molecule has 1 aromatic heterocycles. The van der Waals surface area contributed by atoms with Gasteiger partial charge in [-0.25, -0.2) is 4.98 Å². The number of hydrogen-bond donors (Lipinski definition) is 0. The van der Waals surface area contributed by atoms with Gasteiger partial charge in [-0.3, -0.25) is 14.6 Å². The summed E-state index contributed by atoms with van der Waals surface area (Å²) in [7, 11) is 0. The number of fused-ring (bicyclic) bond motifs is 1. The van der Waals surface area contributed by atoms with Crippen LogP contribution in [0.1, 0.15) is 38.5 Å². The third-order valence-electron chi connectivity index (χ3n) is 7.99. The van der Waals surface area contributed by atoms with Gasteiger partial charge < -0.3 is 4.74 Å². The van der Waals surface area contributed by atoms with E-state index in [0.717, 1.165) is 87.1 Å². The maximum atomic E-state index is 14.2. The lowest BCUT2D eigenvalue weighted by molar-refractivity contribution is -0.143. The topological polar surface area (TPSA) is 45.7 Å². The molecule has 160 valence electrons. The molecule has 6 heteroatoms. The van der Waals surface area contributed by atoms with E-state index in [0.29, 0.717) is 5.91 Å². The minimum absolute atomic E-state index is 0.127. The molecule has 1 aliphatic heterocycles. The van der Waals surface area contributed by atoms with E-state index in [1.165, 1.54) is 24.0 Å². The first kappa shape index (κ1) is 19.2. The van der Waals surface area contributed by atoms with E-state index < -0.39 is 0 Å². The van der Waals surface area contributed by atoms with Gasteiger partial charge in [0.1, 0.15) is 0 Å². The lowest BCUT2D eigenvalue weighted by atomic mass is 9.49. The van der Waals surface area contributed by atoms with Gasteiger partial charge in [-0.1, -0.05) is 23.5 Å². The number of carbonyl (C=O) groups is 1. The molecule has 30 heavy (non-hydrogen) atoms. The smallest absolute Gasteiger partial charge is 0.235 e. The average molecular weight is 426 g/mol. The molecule has 7 rings (SSSR count). The van der Waals surface area contributed by atoms with Crippen molar-refractivity contribution in [2.75, 3.05) is 44.3 Å². The van der Waals surface area contributed by atoms with Crippen molar-refractivity contribution in [3.63, 3.8) is 0 Å². The number of anilines is 1. The number of thiazole rings is 1. The van der Waals surface area contributed by atoms with Crippen LogP contribution in [0.2, 0.25) is 0 Å². The second-order valence-electron chi connectivity index (χ2n) is 10.1. The molecule has 0 radical (unpaired) electrons. The third-order valence-corrected chi connectivity index (χ3v) is 9.05. The van der Waals surface area contributed by atoms with E-state index in [-0.39, 0.29) is 5.41 Å². The largest absolute Gasteiger partial charge is 0.379 e. The number of nitrogens with zero attached hydrogens (tertiary/aromatic N) is 3. The van der Waals surface area contributed by atoms with E-state index in [9.17, 15) is 4.79 Å². The molecule has 4 bridgehead atoms. The quantitative estimate of drug-likeness (QED) is 0.721. The number of para-hydroxylation sites is 1. The molecule has 5 fully saturated rings. The molecular formula is C24H31N3O2S. The second-order valence-corrected chi connectivity index (χ2v) is 11.1. The molecule has 1 saturated heterocycles. The van der Waals surface area contributed by atoms with Crippen LogP contribution in [-0.2, 0) is 9.53 Å². The number of aromatic nitrogens is 1. The molecule has 0 unspecified atom stereocenters. The molecule has 4 saturated carbocycles. The van der Waals surface area contributed by atoms with Gasteiger partial charge in [-0.15, -0.1) is 0 Å². The van der Waals surface area contributed by atoms with Crippen LogP contribution >= 0.6 is 11.3 Å². The zero-order valence-electron chi connectivity index (χ0n) is 17.6. The first-order chi connectivity index (χ1) is 14.7. The summed E-state index contributed by atoms with van der Waals surface area (Å²) < 4.78 is 6.68. The van der Waals surface area contributed by atoms with Crippen LogP contribution in [0.15, 0.2) is 24.3 Å². The molecule has 0 N–H and O–H groups in total. The van der Waals surface area contributed by atoms with Crippen molar-refractivity contribution in [3.8, 4) is 0 Å². The van der Waals surface area contributed by atoms with E-state index >= 15 is 0 Å². The molecule has 1 amide bonds. The minimum Gasteiger partial charge on any atom is -0.379 e. The maximum Gasteiger partial charge on any atom is 0.235 e. The number of carbonyl (C=O) groups excluding carboxylic acids is 1. The Morgan fingerprint density at radius 3 is 2.43 bits per heavy atom. The highest BCUT2D eigenvalue weighted by molar-refractivity contribution is 7.22. The number of hydrogen-bond acceptors (Lipinski definition) is 5. The van der Waals surface area contributed by atoms with E-state index in [2.05, 4.69) is 28.0 Å².